The van der Waals surface area contributed by atoms with Crippen LogP contribution in [0.15, 0.2) is 24.3 Å². The molecule has 0 saturated heterocycles. The maximum atomic E-state index is 4.70. The fourth-order valence-electron chi connectivity index (χ4n) is 2.15. The summed E-state index contributed by atoms with van der Waals surface area (Å²) in [5.41, 5.74) is 2.93. The Labute approximate surface area is 114 Å². The highest BCUT2D eigenvalue weighted by atomic mass is 32.9. The number of fused-ring (bicyclic) bond motifs is 1. The van der Waals surface area contributed by atoms with Gasteiger partial charge in [0.2, 0.25) is 0 Å². The van der Waals surface area contributed by atoms with E-state index in [0.717, 1.165) is 29.4 Å². The minimum atomic E-state index is 0.989. The van der Waals surface area contributed by atoms with Crippen LogP contribution in [0.2, 0.25) is 0 Å². The first kappa shape index (κ1) is 11.9. The van der Waals surface area contributed by atoms with Gasteiger partial charge < -0.3 is 4.90 Å². The van der Waals surface area contributed by atoms with E-state index in [4.69, 9.17) is 4.98 Å². The van der Waals surface area contributed by atoms with Crippen LogP contribution in [0.25, 0.3) is 0 Å². The number of anilines is 1. The molecule has 2 heterocycles. The maximum absolute atomic E-state index is 4.70. The molecule has 0 unspecified atom stereocenters. The van der Waals surface area contributed by atoms with Gasteiger partial charge in [-0.05, 0) is 27.9 Å². The van der Waals surface area contributed by atoms with E-state index >= 15 is 0 Å². The number of aromatic nitrogens is 1. The summed E-state index contributed by atoms with van der Waals surface area (Å²) < 4.78 is 2.07. The number of rotatable bonds is 1. The van der Waals surface area contributed by atoms with Gasteiger partial charge in [0.15, 0.2) is 0 Å². The molecule has 0 N–H and O–H groups in total. The molecule has 18 heavy (non-hydrogen) atoms. The molecule has 0 fully saturated rings. The molecule has 0 radical (unpaired) electrons. The highest BCUT2D eigenvalue weighted by Gasteiger charge is 2.21. The second kappa shape index (κ2) is 4.82. The highest BCUT2D eigenvalue weighted by molar-refractivity contribution is 7.69. The fourth-order valence-corrected chi connectivity index (χ4v) is 4.45. The van der Waals surface area contributed by atoms with Gasteiger partial charge in [-0.2, -0.15) is 0 Å². The van der Waals surface area contributed by atoms with Crippen molar-refractivity contribution in [2.24, 2.45) is 0 Å². The SMILES string of the molecule is C[N+](C)=c1nc(N2CCc3ccccc3C2)ss1. The van der Waals surface area contributed by atoms with Crippen molar-refractivity contribution in [3.8, 4) is 0 Å². The lowest BCUT2D eigenvalue weighted by atomic mass is 10.0. The molecule has 1 aromatic heterocycles. The van der Waals surface area contributed by atoms with Crippen LogP contribution in [-0.2, 0) is 13.0 Å². The predicted molar refractivity (Wildman–Crippen MR) is 78.3 cm³/mol. The van der Waals surface area contributed by atoms with Crippen molar-refractivity contribution in [3.63, 3.8) is 0 Å². The second-order valence-electron chi connectivity index (χ2n) is 4.68. The smallest absolute Gasteiger partial charge is 0.322 e. The van der Waals surface area contributed by atoms with Gasteiger partial charge in [-0.15, -0.1) is 0 Å². The fraction of sp³-hybridized carbons (Fsp3) is 0.385. The van der Waals surface area contributed by atoms with E-state index in [2.05, 4.69) is 33.7 Å². The summed E-state index contributed by atoms with van der Waals surface area (Å²) in [6.07, 6.45) is 1.12. The average Bonchev–Trinajstić information content (AvgIpc) is 2.88. The zero-order valence-electron chi connectivity index (χ0n) is 10.6. The van der Waals surface area contributed by atoms with Gasteiger partial charge in [0, 0.05) is 28.4 Å². The summed E-state index contributed by atoms with van der Waals surface area (Å²) in [4.78, 5) is 8.17. The minimum Gasteiger partial charge on any atom is -0.322 e. The lowest BCUT2D eigenvalue weighted by Gasteiger charge is -2.26. The zero-order chi connectivity index (χ0) is 12.5. The first-order valence-corrected chi connectivity index (χ1v) is 8.18. The van der Waals surface area contributed by atoms with E-state index in [1.54, 1.807) is 20.7 Å². The standard InChI is InChI=1S/C13H16N3S2/c1-15(2)12-14-13(18-17-12)16-8-7-10-5-3-4-6-11(10)9-16/h3-6H,7-9H2,1-2H3/q+1. The summed E-state index contributed by atoms with van der Waals surface area (Å²) in [6, 6.07) is 8.72. The molecule has 0 saturated carbocycles. The summed E-state index contributed by atoms with van der Waals surface area (Å²) in [6.45, 7) is 2.06. The Kier molecular flexibility index (Phi) is 3.18. The van der Waals surface area contributed by atoms with Gasteiger partial charge >= 0.3 is 9.93 Å². The molecule has 1 aliphatic rings. The molecule has 0 spiro atoms. The van der Waals surface area contributed by atoms with Gasteiger partial charge in [0.1, 0.15) is 0 Å². The van der Waals surface area contributed by atoms with Crippen molar-refractivity contribution < 1.29 is 0 Å². The van der Waals surface area contributed by atoms with Crippen molar-refractivity contribution in [2.75, 3.05) is 25.5 Å². The van der Waals surface area contributed by atoms with Crippen LogP contribution in [0.4, 0.5) is 5.13 Å². The lowest BCUT2D eigenvalue weighted by molar-refractivity contribution is 0.722. The van der Waals surface area contributed by atoms with Crippen LogP contribution in [0, 0.1) is 0 Å². The van der Waals surface area contributed by atoms with Crippen molar-refractivity contribution in [1.29, 1.82) is 0 Å². The third kappa shape index (κ3) is 2.20. The number of benzene rings is 1. The van der Waals surface area contributed by atoms with Gasteiger partial charge in [-0.1, -0.05) is 24.3 Å². The number of hydrogen-bond donors (Lipinski definition) is 0. The molecule has 2 aromatic rings. The van der Waals surface area contributed by atoms with E-state index < -0.39 is 0 Å². The van der Waals surface area contributed by atoms with Gasteiger partial charge in [0.05, 0.1) is 14.1 Å². The Morgan fingerprint density at radius 1 is 1.17 bits per heavy atom. The van der Waals surface area contributed by atoms with Crippen molar-refractivity contribution in [2.45, 2.75) is 13.0 Å². The van der Waals surface area contributed by atoms with Crippen molar-refractivity contribution in [3.05, 3.63) is 40.2 Å². The summed E-state index contributed by atoms with van der Waals surface area (Å²) in [5.74, 6) is 0. The molecule has 3 nitrogen and oxygen atoms in total. The molecule has 94 valence electrons. The average molecular weight is 278 g/mol. The Balaban J connectivity index is 1.90. The molecule has 5 heteroatoms. The molecular formula is C13H16N3S2+. The first-order chi connectivity index (χ1) is 8.74. The Bertz CT molecular complexity index is 623. The largest absolute Gasteiger partial charge is 0.390 e. The van der Waals surface area contributed by atoms with E-state index in [1.165, 1.54) is 11.1 Å². The molecule has 0 bridgehead atoms. The van der Waals surface area contributed by atoms with Crippen LogP contribution in [0.1, 0.15) is 11.1 Å². The molecule has 0 atom stereocenters. The Morgan fingerprint density at radius 3 is 2.67 bits per heavy atom. The van der Waals surface area contributed by atoms with E-state index in [-0.39, 0.29) is 0 Å². The Hall–Kier alpha value is -1.20. The summed E-state index contributed by atoms with van der Waals surface area (Å²) in [5, 5.41) is 1.15. The normalized spacial score (nSPS) is 14.4. The van der Waals surface area contributed by atoms with Crippen molar-refractivity contribution in [1.82, 2.24) is 9.56 Å². The summed E-state index contributed by atoms with van der Waals surface area (Å²) in [7, 11) is 7.61. The van der Waals surface area contributed by atoms with Crippen LogP contribution < -0.4 is 14.3 Å². The molecule has 3 rings (SSSR count). The van der Waals surface area contributed by atoms with Gasteiger partial charge in [0.25, 0.3) is 0 Å². The van der Waals surface area contributed by atoms with Crippen LogP contribution in [0.3, 0.4) is 0 Å². The first-order valence-electron chi connectivity index (χ1n) is 6.03. The minimum absolute atomic E-state index is 0.989. The predicted octanol–water partition coefficient (Wildman–Crippen LogP) is 1.80. The molecule has 0 aliphatic carbocycles. The molecule has 1 aliphatic heterocycles. The number of nitrogens with zero attached hydrogens (tertiary/aromatic N) is 3. The zero-order valence-corrected chi connectivity index (χ0v) is 12.2. The van der Waals surface area contributed by atoms with Crippen LogP contribution >= 0.6 is 20.7 Å². The highest BCUT2D eigenvalue weighted by Crippen LogP contribution is 2.26. The van der Waals surface area contributed by atoms with Crippen molar-refractivity contribution >= 4 is 25.8 Å². The summed E-state index contributed by atoms with van der Waals surface area (Å²) >= 11 is 0. The third-order valence-electron chi connectivity index (χ3n) is 3.17. The van der Waals surface area contributed by atoms with Gasteiger partial charge in [-0.25, -0.2) is 0 Å². The van der Waals surface area contributed by atoms with E-state index in [1.807, 2.05) is 14.1 Å². The monoisotopic (exact) mass is 278 g/mol. The van der Waals surface area contributed by atoms with Gasteiger partial charge in [-0.3, -0.25) is 4.58 Å². The lowest BCUT2D eigenvalue weighted by Crippen LogP contribution is -2.31. The molecule has 0 amide bonds. The molecule has 1 aromatic carbocycles. The number of hydrogen-bond acceptors (Lipinski definition) is 4. The topological polar surface area (TPSA) is 19.1 Å². The van der Waals surface area contributed by atoms with E-state index in [9.17, 15) is 0 Å². The third-order valence-corrected chi connectivity index (χ3v) is 5.50. The quantitative estimate of drug-likeness (QED) is 0.585. The van der Waals surface area contributed by atoms with Crippen LogP contribution in [-0.4, -0.2) is 25.6 Å². The maximum Gasteiger partial charge on any atom is 0.390 e. The second-order valence-corrected chi connectivity index (χ2v) is 6.74. The van der Waals surface area contributed by atoms with Crippen LogP contribution in [0.5, 0.6) is 0 Å². The van der Waals surface area contributed by atoms with E-state index in [0.29, 0.717) is 0 Å². The Morgan fingerprint density at radius 2 is 1.94 bits per heavy atom. The molecular weight excluding hydrogens is 262 g/mol.